The summed E-state index contributed by atoms with van der Waals surface area (Å²) in [6, 6.07) is 7.38. The van der Waals surface area contributed by atoms with E-state index in [2.05, 4.69) is 10.3 Å². The van der Waals surface area contributed by atoms with Crippen LogP contribution in [-0.4, -0.2) is 10.9 Å². The first-order chi connectivity index (χ1) is 8.98. The van der Waals surface area contributed by atoms with E-state index in [1.165, 1.54) is 11.3 Å². The lowest BCUT2D eigenvalue weighted by Crippen LogP contribution is -2.31. The quantitative estimate of drug-likeness (QED) is 0.935. The zero-order chi connectivity index (χ0) is 14.0. The molecule has 0 saturated carbocycles. The monoisotopic (exact) mass is 293 g/mol. The number of carbonyl (C=O) groups excluding carboxylic acids is 1. The number of thiazole rings is 1. The minimum absolute atomic E-state index is 0.331. The van der Waals surface area contributed by atoms with Crippen LogP contribution in [-0.2, 0) is 4.79 Å². The van der Waals surface area contributed by atoms with E-state index in [1.807, 2.05) is 6.07 Å². The van der Waals surface area contributed by atoms with Crippen LogP contribution >= 0.6 is 22.9 Å². The fraction of sp³-hybridized carbons (Fsp3) is 0.308. The molecule has 0 aliphatic rings. The molecular formula is C13H12ClN3OS. The largest absolute Gasteiger partial charge is 0.301 e. The molecule has 0 aliphatic heterocycles. The van der Waals surface area contributed by atoms with Crippen LogP contribution in [0.3, 0.4) is 0 Å². The third-order valence-corrected chi connectivity index (χ3v) is 4.19. The van der Waals surface area contributed by atoms with Crippen molar-refractivity contribution >= 4 is 44.2 Å². The van der Waals surface area contributed by atoms with Crippen molar-refractivity contribution in [2.24, 2.45) is 5.41 Å². The topological polar surface area (TPSA) is 65.8 Å². The van der Waals surface area contributed by atoms with Crippen molar-refractivity contribution in [2.75, 3.05) is 5.32 Å². The molecule has 1 aromatic carbocycles. The SMILES string of the molecule is CCC(C)(C#N)C(=O)Nc1nc2ccc(Cl)cc2s1. The summed E-state index contributed by atoms with van der Waals surface area (Å²) in [4.78, 5) is 16.3. The van der Waals surface area contributed by atoms with Gasteiger partial charge in [0.05, 0.1) is 16.3 Å². The second kappa shape index (κ2) is 5.16. The molecule has 4 nitrogen and oxygen atoms in total. The van der Waals surface area contributed by atoms with E-state index in [0.717, 1.165) is 10.2 Å². The number of anilines is 1. The highest BCUT2D eigenvalue weighted by molar-refractivity contribution is 7.22. The van der Waals surface area contributed by atoms with E-state index in [-0.39, 0.29) is 5.91 Å². The molecule has 0 spiro atoms. The number of nitrogens with one attached hydrogen (secondary N) is 1. The Labute approximate surface area is 120 Å². The van der Waals surface area contributed by atoms with Gasteiger partial charge in [-0.15, -0.1) is 0 Å². The van der Waals surface area contributed by atoms with Gasteiger partial charge in [0, 0.05) is 5.02 Å². The third-order valence-electron chi connectivity index (χ3n) is 3.03. The van der Waals surface area contributed by atoms with Crippen molar-refractivity contribution < 1.29 is 4.79 Å². The standard InChI is InChI=1S/C13H12ClN3OS/c1-3-13(2,7-15)11(18)17-12-16-9-5-4-8(14)6-10(9)19-12/h4-6H,3H2,1-2H3,(H,16,17,18). The van der Waals surface area contributed by atoms with Gasteiger partial charge in [0.1, 0.15) is 5.41 Å². The summed E-state index contributed by atoms with van der Waals surface area (Å²) < 4.78 is 0.901. The molecule has 98 valence electrons. The number of nitrogens with zero attached hydrogens (tertiary/aromatic N) is 2. The van der Waals surface area contributed by atoms with Crippen LogP contribution in [0, 0.1) is 16.7 Å². The molecule has 0 saturated heterocycles. The number of amides is 1. The molecule has 0 radical (unpaired) electrons. The van der Waals surface area contributed by atoms with E-state index in [0.29, 0.717) is 16.6 Å². The maximum atomic E-state index is 12.0. The van der Waals surface area contributed by atoms with Gasteiger partial charge in [-0.25, -0.2) is 4.98 Å². The Morgan fingerprint density at radius 3 is 3.00 bits per heavy atom. The average molecular weight is 294 g/mol. The maximum absolute atomic E-state index is 12.0. The van der Waals surface area contributed by atoms with Crippen LogP contribution in [0.25, 0.3) is 10.2 Å². The Balaban J connectivity index is 2.27. The number of rotatable bonds is 3. The lowest BCUT2D eigenvalue weighted by molar-refractivity contribution is -0.122. The minimum atomic E-state index is -1.03. The molecule has 1 amide bonds. The van der Waals surface area contributed by atoms with Crippen molar-refractivity contribution in [3.8, 4) is 6.07 Å². The molecule has 1 heterocycles. The zero-order valence-corrected chi connectivity index (χ0v) is 12.1. The molecule has 19 heavy (non-hydrogen) atoms. The zero-order valence-electron chi connectivity index (χ0n) is 10.5. The molecule has 2 rings (SSSR count). The average Bonchev–Trinajstić information content (AvgIpc) is 2.78. The van der Waals surface area contributed by atoms with Gasteiger partial charge >= 0.3 is 0 Å². The highest BCUT2D eigenvalue weighted by Crippen LogP contribution is 2.30. The van der Waals surface area contributed by atoms with E-state index < -0.39 is 5.41 Å². The van der Waals surface area contributed by atoms with Gasteiger partial charge in [0.15, 0.2) is 5.13 Å². The van der Waals surface area contributed by atoms with Crippen molar-refractivity contribution in [3.05, 3.63) is 23.2 Å². The number of halogens is 1. The number of hydrogen-bond acceptors (Lipinski definition) is 4. The van der Waals surface area contributed by atoms with Crippen molar-refractivity contribution in [1.82, 2.24) is 4.98 Å². The van der Waals surface area contributed by atoms with Crippen LogP contribution in [0.15, 0.2) is 18.2 Å². The van der Waals surface area contributed by atoms with Crippen molar-refractivity contribution in [1.29, 1.82) is 5.26 Å². The molecule has 1 atom stereocenters. The van der Waals surface area contributed by atoms with Gasteiger partial charge in [0.2, 0.25) is 5.91 Å². The van der Waals surface area contributed by atoms with Crippen LogP contribution < -0.4 is 5.32 Å². The lowest BCUT2D eigenvalue weighted by Gasteiger charge is -2.16. The number of nitriles is 1. The Bertz CT molecular complexity index is 676. The highest BCUT2D eigenvalue weighted by atomic mass is 35.5. The van der Waals surface area contributed by atoms with Gasteiger partial charge in [-0.3, -0.25) is 4.79 Å². The summed E-state index contributed by atoms with van der Waals surface area (Å²) in [6.45, 7) is 3.42. The molecule has 0 aliphatic carbocycles. The molecule has 0 fully saturated rings. The van der Waals surface area contributed by atoms with Gasteiger partial charge in [-0.05, 0) is 31.5 Å². The predicted molar refractivity (Wildman–Crippen MR) is 77.3 cm³/mol. The highest BCUT2D eigenvalue weighted by Gasteiger charge is 2.31. The van der Waals surface area contributed by atoms with Gasteiger partial charge in [-0.2, -0.15) is 5.26 Å². The van der Waals surface area contributed by atoms with Gasteiger partial charge < -0.3 is 5.32 Å². The first kappa shape index (κ1) is 13.8. The van der Waals surface area contributed by atoms with Gasteiger partial charge in [-0.1, -0.05) is 29.9 Å². The number of carbonyl (C=O) groups is 1. The molecule has 1 N–H and O–H groups in total. The first-order valence-electron chi connectivity index (χ1n) is 5.77. The Kier molecular flexibility index (Phi) is 3.74. The van der Waals surface area contributed by atoms with Crippen molar-refractivity contribution in [3.63, 3.8) is 0 Å². The molecular weight excluding hydrogens is 282 g/mol. The Morgan fingerprint density at radius 1 is 1.63 bits per heavy atom. The normalized spacial score (nSPS) is 13.8. The molecule has 0 bridgehead atoms. The summed E-state index contributed by atoms with van der Waals surface area (Å²) in [5, 5.41) is 12.9. The van der Waals surface area contributed by atoms with Crippen molar-refractivity contribution in [2.45, 2.75) is 20.3 Å². The van der Waals surface area contributed by atoms with E-state index in [4.69, 9.17) is 16.9 Å². The third kappa shape index (κ3) is 2.70. The maximum Gasteiger partial charge on any atom is 0.246 e. The molecule has 1 aromatic heterocycles. The summed E-state index contributed by atoms with van der Waals surface area (Å²) in [7, 11) is 0. The minimum Gasteiger partial charge on any atom is -0.301 e. The van der Waals surface area contributed by atoms with Crippen LogP contribution in [0.5, 0.6) is 0 Å². The fourth-order valence-electron chi connectivity index (χ4n) is 1.48. The van der Waals surface area contributed by atoms with E-state index >= 15 is 0 Å². The van der Waals surface area contributed by atoms with E-state index in [1.54, 1.807) is 32.0 Å². The number of hydrogen-bond donors (Lipinski definition) is 1. The Hall–Kier alpha value is -1.64. The van der Waals surface area contributed by atoms with Crippen LogP contribution in [0.4, 0.5) is 5.13 Å². The lowest BCUT2D eigenvalue weighted by atomic mass is 9.88. The summed E-state index contributed by atoms with van der Waals surface area (Å²) in [5.74, 6) is -0.331. The second-order valence-electron chi connectivity index (χ2n) is 4.38. The van der Waals surface area contributed by atoms with Gasteiger partial charge in [0.25, 0.3) is 0 Å². The van der Waals surface area contributed by atoms with Crippen LogP contribution in [0.1, 0.15) is 20.3 Å². The summed E-state index contributed by atoms with van der Waals surface area (Å²) >= 11 is 7.24. The summed E-state index contributed by atoms with van der Waals surface area (Å²) in [5.41, 5.74) is -0.255. The molecule has 6 heteroatoms. The second-order valence-corrected chi connectivity index (χ2v) is 5.85. The summed E-state index contributed by atoms with van der Waals surface area (Å²) in [6.07, 6.45) is 0.450. The number of aromatic nitrogens is 1. The number of fused-ring (bicyclic) bond motifs is 1. The predicted octanol–water partition coefficient (Wildman–Crippen LogP) is 3.83. The Morgan fingerprint density at radius 2 is 2.37 bits per heavy atom. The number of benzene rings is 1. The van der Waals surface area contributed by atoms with E-state index in [9.17, 15) is 4.79 Å². The molecule has 1 unspecified atom stereocenters. The smallest absolute Gasteiger partial charge is 0.246 e. The van der Waals surface area contributed by atoms with Crippen LogP contribution in [0.2, 0.25) is 5.02 Å². The fourth-order valence-corrected chi connectivity index (χ4v) is 2.61. The molecule has 2 aromatic rings. The first-order valence-corrected chi connectivity index (χ1v) is 6.97.